The Hall–Kier alpha value is -0.590. The van der Waals surface area contributed by atoms with Crippen LogP contribution in [0.1, 0.15) is 33.1 Å². The molecule has 1 aromatic heterocycles. The summed E-state index contributed by atoms with van der Waals surface area (Å²) in [5.74, 6) is 0.313. The third-order valence-corrected chi connectivity index (χ3v) is 7.66. The smallest absolute Gasteiger partial charge is 0.152 e. The fourth-order valence-corrected chi connectivity index (χ4v) is 4.63. The van der Waals surface area contributed by atoms with E-state index in [9.17, 15) is 8.42 Å². The molecule has 0 spiro atoms. The maximum atomic E-state index is 11.8. The lowest BCUT2D eigenvalue weighted by molar-refractivity contribution is 0.233. The molecule has 1 aliphatic rings. The van der Waals surface area contributed by atoms with E-state index in [1.807, 2.05) is 30.1 Å². The Kier molecular flexibility index (Phi) is 6.71. The molecular formula is C16H26N2O2S2. The number of aromatic nitrogens is 1. The number of rotatable bonds is 7. The van der Waals surface area contributed by atoms with Gasteiger partial charge in [0.15, 0.2) is 9.84 Å². The van der Waals surface area contributed by atoms with Crippen LogP contribution in [0.5, 0.6) is 0 Å². The number of sulfone groups is 1. The van der Waals surface area contributed by atoms with Gasteiger partial charge in [-0.05, 0) is 64.9 Å². The van der Waals surface area contributed by atoms with Crippen molar-refractivity contribution in [1.82, 2.24) is 9.88 Å². The summed E-state index contributed by atoms with van der Waals surface area (Å²) >= 11 is 1.86. The van der Waals surface area contributed by atoms with E-state index in [4.69, 9.17) is 0 Å². The first-order valence-electron chi connectivity index (χ1n) is 7.99. The lowest BCUT2D eigenvalue weighted by Gasteiger charge is -2.31. The fourth-order valence-electron chi connectivity index (χ4n) is 2.56. The topological polar surface area (TPSA) is 50.3 Å². The Labute approximate surface area is 138 Å². The van der Waals surface area contributed by atoms with Crippen molar-refractivity contribution >= 4 is 21.6 Å². The third-order valence-electron chi connectivity index (χ3n) is 4.08. The molecule has 0 saturated carbocycles. The summed E-state index contributed by atoms with van der Waals surface area (Å²) in [6.07, 6.45) is 4.89. The van der Waals surface area contributed by atoms with Gasteiger partial charge >= 0.3 is 0 Å². The summed E-state index contributed by atoms with van der Waals surface area (Å²) in [5, 5.41) is 1.47. The molecule has 0 amide bonds. The molecule has 6 heteroatoms. The van der Waals surface area contributed by atoms with Crippen molar-refractivity contribution in [3.8, 4) is 0 Å². The van der Waals surface area contributed by atoms with Crippen LogP contribution in [0, 0.1) is 0 Å². The Morgan fingerprint density at radius 3 is 2.64 bits per heavy atom. The van der Waals surface area contributed by atoms with Crippen LogP contribution in [0.2, 0.25) is 0 Å². The van der Waals surface area contributed by atoms with Crippen LogP contribution in [0.3, 0.4) is 0 Å². The van der Waals surface area contributed by atoms with Crippen molar-refractivity contribution in [2.24, 2.45) is 0 Å². The molecule has 4 nitrogen and oxygen atoms in total. The van der Waals surface area contributed by atoms with E-state index in [0.717, 1.165) is 43.9 Å². The Bertz CT molecular complexity index is 539. The van der Waals surface area contributed by atoms with Gasteiger partial charge in [-0.25, -0.2) is 13.4 Å². The van der Waals surface area contributed by atoms with Gasteiger partial charge in [0.25, 0.3) is 0 Å². The highest BCUT2D eigenvalue weighted by Gasteiger charge is 2.21. The molecule has 2 rings (SSSR count). The summed E-state index contributed by atoms with van der Waals surface area (Å²) in [6.45, 7) is 6.54. The van der Waals surface area contributed by atoms with E-state index >= 15 is 0 Å². The van der Waals surface area contributed by atoms with Gasteiger partial charge in [0.05, 0.1) is 16.0 Å². The Morgan fingerprint density at radius 1 is 1.32 bits per heavy atom. The largest absolute Gasteiger partial charge is 0.303 e. The quantitative estimate of drug-likeness (QED) is 0.762. The SMILES string of the molecule is CC(C)S(=O)(=O)CCCN1CCC(Sc2ccccn2)CC1. The lowest BCUT2D eigenvalue weighted by atomic mass is 10.1. The molecule has 2 heterocycles. The van der Waals surface area contributed by atoms with Gasteiger partial charge in [-0.2, -0.15) is 0 Å². The van der Waals surface area contributed by atoms with Gasteiger partial charge in [0.1, 0.15) is 0 Å². The van der Waals surface area contributed by atoms with Crippen LogP contribution >= 0.6 is 11.8 Å². The van der Waals surface area contributed by atoms with Crippen LogP contribution in [0.15, 0.2) is 29.4 Å². The van der Waals surface area contributed by atoms with E-state index in [1.54, 1.807) is 13.8 Å². The molecule has 0 aliphatic carbocycles. The van der Waals surface area contributed by atoms with E-state index in [-0.39, 0.29) is 5.25 Å². The van der Waals surface area contributed by atoms with Crippen LogP contribution in [-0.4, -0.2) is 54.2 Å². The molecule has 0 unspecified atom stereocenters. The van der Waals surface area contributed by atoms with Gasteiger partial charge < -0.3 is 4.90 Å². The minimum Gasteiger partial charge on any atom is -0.303 e. The van der Waals surface area contributed by atoms with Crippen LogP contribution < -0.4 is 0 Å². The predicted molar refractivity (Wildman–Crippen MR) is 93.1 cm³/mol. The minimum absolute atomic E-state index is 0.256. The van der Waals surface area contributed by atoms with Gasteiger partial charge in [0.2, 0.25) is 0 Å². The van der Waals surface area contributed by atoms with Gasteiger partial charge in [-0.15, -0.1) is 11.8 Å². The zero-order chi connectivity index (χ0) is 16.0. The zero-order valence-corrected chi connectivity index (χ0v) is 15.1. The molecule has 0 aromatic carbocycles. The first-order chi connectivity index (χ1) is 10.5. The summed E-state index contributed by atoms with van der Waals surface area (Å²) in [7, 11) is -2.89. The molecule has 1 saturated heterocycles. The number of pyridine rings is 1. The normalized spacial score (nSPS) is 18.0. The van der Waals surface area contributed by atoms with Crippen molar-refractivity contribution in [2.45, 2.75) is 48.6 Å². The van der Waals surface area contributed by atoms with Crippen molar-refractivity contribution in [1.29, 1.82) is 0 Å². The van der Waals surface area contributed by atoms with E-state index in [1.165, 1.54) is 0 Å². The number of thioether (sulfide) groups is 1. The minimum atomic E-state index is -2.89. The van der Waals surface area contributed by atoms with Crippen molar-refractivity contribution in [3.63, 3.8) is 0 Å². The maximum absolute atomic E-state index is 11.8. The predicted octanol–water partition coefficient (Wildman–Crippen LogP) is 2.85. The molecule has 22 heavy (non-hydrogen) atoms. The fraction of sp³-hybridized carbons (Fsp3) is 0.688. The second-order valence-corrected chi connectivity index (χ2v) is 10.1. The molecule has 0 radical (unpaired) electrons. The third kappa shape index (κ3) is 5.56. The summed E-state index contributed by atoms with van der Waals surface area (Å²) in [4.78, 5) is 6.76. The van der Waals surface area contributed by atoms with Gasteiger partial charge in [-0.3, -0.25) is 0 Å². The second kappa shape index (κ2) is 8.31. The van der Waals surface area contributed by atoms with E-state index < -0.39 is 9.84 Å². The van der Waals surface area contributed by atoms with Crippen LogP contribution in [-0.2, 0) is 9.84 Å². The highest BCUT2D eigenvalue weighted by molar-refractivity contribution is 7.99. The molecule has 0 bridgehead atoms. The van der Waals surface area contributed by atoms with Crippen LogP contribution in [0.25, 0.3) is 0 Å². The summed E-state index contributed by atoms with van der Waals surface area (Å²) in [6, 6.07) is 6.03. The average Bonchev–Trinajstić information content (AvgIpc) is 2.50. The molecule has 1 aromatic rings. The van der Waals surface area contributed by atoms with Crippen molar-refractivity contribution in [2.75, 3.05) is 25.4 Å². The van der Waals surface area contributed by atoms with Crippen molar-refractivity contribution in [3.05, 3.63) is 24.4 Å². The van der Waals surface area contributed by atoms with Crippen LogP contribution in [0.4, 0.5) is 0 Å². The second-order valence-electron chi connectivity index (χ2n) is 6.10. The average molecular weight is 343 g/mol. The summed E-state index contributed by atoms with van der Waals surface area (Å²) in [5.41, 5.74) is 0. The Morgan fingerprint density at radius 2 is 2.05 bits per heavy atom. The number of hydrogen-bond acceptors (Lipinski definition) is 5. The standard InChI is InChI=1S/C16H26N2O2S2/c1-14(2)22(19,20)13-5-10-18-11-7-15(8-12-18)21-16-6-3-4-9-17-16/h3-4,6,9,14-15H,5,7-8,10-13H2,1-2H3. The number of nitrogens with zero attached hydrogens (tertiary/aromatic N) is 2. The molecule has 1 aliphatic heterocycles. The molecule has 124 valence electrons. The van der Waals surface area contributed by atoms with E-state index in [2.05, 4.69) is 16.0 Å². The van der Waals surface area contributed by atoms with Gasteiger partial charge in [0, 0.05) is 11.4 Å². The lowest BCUT2D eigenvalue weighted by Crippen LogP contribution is -2.36. The molecule has 0 atom stereocenters. The molecule has 1 fully saturated rings. The van der Waals surface area contributed by atoms with Gasteiger partial charge in [-0.1, -0.05) is 6.07 Å². The number of likely N-dealkylation sites (tertiary alicyclic amines) is 1. The number of piperidine rings is 1. The van der Waals surface area contributed by atoms with E-state index in [0.29, 0.717) is 11.0 Å². The monoisotopic (exact) mass is 342 g/mol. The zero-order valence-electron chi connectivity index (χ0n) is 13.4. The highest BCUT2D eigenvalue weighted by Crippen LogP contribution is 2.28. The molecular weight excluding hydrogens is 316 g/mol. The highest BCUT2D eigenvalue weighted by atomic mass is 32.2. The van der Waals surface area contributed by atoms with Crippen molar-refractivity contribution < 1.29 is 8.42 Å². The first kappa shape index (κ1) is 17.8. The Balaban J connectivity index is 1.67. The maximum Gasteiger partial charge on any atom is 0.152 e. The number of hydrogen-bond donors (Lipinski definition) is 0. The summed E-state index contributed by atoms with van der Waals surface area (Å²) < 4.78 is 23.6. The first-order valence-corrected chi connectivity index (χ1v) is 10.6. The molecule has 0 N–H and O–H groups in total.